The van der Waals surface area contributed by atoms with Crippen LogP contribution in [0, 0.1) is 0 Å². The van der Waals surface area contributed by atoms with Crippen LogP contribution in [0.5, 0.6) is 0 Å². The predicted molar refractivity (Wildman–Crippen MR) is 90.5 cm³/mol. The van der Waals surface area contributed by atoms with Crippen molar-refractivity contribution in [1.29, 1.82) is 0 Å². The highest BCUT2D eigenvalue weighted by molar-refractivity contribution is 7.98. The summed E-state index contributed by atoms with van der Waals surface area (Å²) in [4.78, 5) is 35.3. The standard InChI is InChI=1S/C15H19ClN2O4S/c1-9(13(17)19)22-15(21)12(7-8-23-2)18-14(20)10-3-5-11(16)6-4-10/h3-6,9,12H,7-8H2,1-2H3,(H2,17,19)(H,18,20)/t9-,12+/m1/s1. The van der Waals surface area contributed by atoms with E-state index in [1.807, 2.05) is 6.26 Å². The molecule has 0 saturated heterocycles. The molecule has 126 valence electrons. The molecule has 0 bridgehead atoms. The van der Waals surface area contributed by atoms with Crippen molar-refractivity contribution in [2.75, 3.05) is 12.0 Å². The SMILES string of the molecule is CSCC[C@H](NC(=O)c1ccc(Cl)cc1)C(=O)O[C@H](C)C(N)=O. The van der Waals surface area contributed by atoms with Gasteiger partial charge in [-0.1, -0.05) is 11.6 Å². The molecule has 0 aliphatic carbocycles. The third-order valence-electron chi connectivity index (χ3n) is 3.00. The van der Waals surface area contributed by atoms with Crippen LogP contribution in [0.1, 0.15) is 23.7 Å². The Balaban J connectivity index is 2.76. The molecular formula is C15H19ClN2O4S. The quantitative estimate of drug-likeness (QED) is 0.688. The molecule has 0 heterocycles. The van der Waals surface area contributed by atoms with Crippen LogP contribution < -0.4 is 11.1 Å². The molecule has 6 nitrogen and oxygen atoms in total. The molecule has 0 saturated carbocycles. The van der Waals surface area contributed by atoms with Crippen molar-refractivity contribution >= 4 is 41.1 Å². The van der Waals surface area contributed by atoms with Crippen molar-refractivity contribution in [1.82, 2.24) is 5.32 Å². The summed E-state index contributed by atoms with van der Waals surface area (Å²) in [5, 5.41) is 3.12. The highest BCUT2D eigenvalue weighted by Crippen LogP contribution is 2.11. The van der Waals surface area contributed by atoms with Gasteiger partial charge in [0.2, 0.25) is 0 Å². The Morgan fingerprint density at radius 1 is 1.30 bits per heavy atom. The minimum atomic E-state index is -1.05. The molecular weight excluding hydrogens is 340 g/mol. The van der Waals surface area contributed by atoms with E-state index in [1.165, 1.54) is 18.7 Å². The molecule has 2 amide bonds. The zero-order valence-corrected chi connectivity index (χ0v) is 14.4. The monoisotopic (exact) mass is 358 g/mol. The van der Waals surface area contributed by atoms with E-state index in [9.17, 15) is 14.4 Å². The summed E-state index contributed by atoms with van der Waals surface area (Å²) in [6.45, 7) is 1.38. The van der Waals surface area contributed by atoms with Crippen molar-refractivity contribution < 1.29 is 19.1 Å². The molecule has 0 fully saturated rings. The van der Waals surface area contributed by atoms with E-state index in [-0.39, 0.29) is 0 Å². The molecule has 1 aromatic rings. The lowest BCUT2D eigenvalue weighted by atomic mass is 10.1. The maximum absolute atomic E-state index is 12.2. The fourth-order valence-electron chi connectivity index (χ4n) is 1.64. The Bertz CT molecular complexity index is 565. The summed E-state index contributed by atoms with van der Waals surface area (Å²) >= 11 is 7.30. The largest absolute Gasteiger partial charge is 0.451 e. The van der Waals surface area contributed by atoms with Gasteiger partial charge in [0.1, 0.15) is 6.04 Å². The van der Waals surface area contributed by atoms with Gasteiger partial charge in [-0.3, -0.25) is 9.59 Å². The first-order chi connectivity index (χ1) is 10.8. The van der Waals surface area contributed by atoms with Gasteiger partial charge in [-0.2, -0.15) is 11.8 Å². The molecule has 8 heteroatoms. The van der Waals surface area contributed by atoms with Gasteiger partial charge in [-0.25, -0.2) is 4.79 Å². The van der Waals surface area contributed by atoms with E-state index >= 15 is 0 Å². The summed E-state index contributed by atoms with van der Waals surface area (Å²) in [7, 11) is 0. The number of amides is 2. The van der Waals surface area contributed by atoms with Gasteiger partial charge in [0.25, 0.3) is 11.8 Å². The normalized spacial score (nSPS) is 13.0. The highest BCUT2D eigenvalue weighted by atomic mass is 35.5. The first-order valence-electron chi connectivity index (χ1n) is 6.90. The van der Waals surface area contributed by atoms with Crippen LogP contribution in [0.4, 0.5) is 0 Å². The van der Waals surface area contributed by atoms with E-state index in [1.54, 1.807) is 24.3 Å². The predicted octanol–water partition coefficient (Wildman–Crippen LogP) is 1.61. The molecule has 1 aromatic carbocycles. The Labute approximate surface area is 144 Å². The van der Waals surface area contributed by atoms with Gasteiger partial charge in [0, 0.05) is 10.6 Å². The number of halogens is 1. The fourth-order valence-corrected chi connectivity index (χ4v) is 2.24. The molecule has 0 aliphatic heterocycles. The van der Waals surface area contributed by atoms with Crippen molar-refractivity contribution in [3.63, 3.8) is 0 Å². The third-order valence-corrected chi connectivity index (χ3v) is 3.90. The Hall–Kier alpha value is -1.73. The molecule has 0 aliphatic rings. The number of nitrogens with one attached hydrogen (secondary N) is 1. The summed E-state index contributed by atoms with van der Waals surface area (Å²) in [5.74, 6) is -1.21. The highest BCUT2D eigenvalue weighted by Gasteiger charge is 2.25. The molecule has 0 spiro atoms. The number of thioether (sulfide) groups is 1. The molecule has 1 rings (SSSR count). The molecule has 0 aromatic heterocycles. The second kappa shape index (κ2) is 9.42. The van der Waals surface area contributed by atoms with E-state index in [4.69, 9.17) is 22.1 Å². The summed E-state index contributed by atoms with van der Waals surface area (Å²) in [5.41, 5.74) is 5.45. The Morgan fingerprint density at radius 3 is 2.43 bits per heavy atom. The summed E-state index contributed by atoms with van der Waals surface area (Å²) < 4.78 is 4.97. The minimum absolute atomic E-state index is 0.374. The fraction of sp³-hybridized carbons (Fsp3) is 0.400. The number of esters is 1. The maximum Gasteiger partial charge on any atom is 0.329 e. The van der Waals surface area contributed by atoms with Gasteiger partial charge in [0.15, 0.2) is 6.10 Å². The van der Waals surface area contributed by atoms with Gasteiger partial charge < -0.3 is 15.8 Å². The van der Waals surface area contributed by atoms with Crippen molar-refractivity contribution in [2.45, 2.75) is 25.5 Å². The van der Waals surface area contributed by atoms with E-state index in [0.717, 1.165) is 0 Å². The number of benzene rings is 1. The van der Waals surface area contributed by atoms with Crippen LogP contribution in [0.3, 0.4) is 0 Å². The zero-order valence-electron chi connectivity index (χ0n) is 12.9. The zero-order chi connectivity index (χ0) is 17.4. The van der Waals surface area contributed by atoms with Crippen molar-refractivity contribution in [3.05, 3.63) is 34.9 Å². The number of primary amides is 1. The summed E-state index contributed by atoms with van der Waals surface area (Å²) in [6, 6.07) is 5.43. The van der Waals surface area contributed by atoms with E-state index in [2.05, 4.69) is 5.32 Å². The average molecular weight is 359 g/mol. The lowest BCUT2D eigenvalue weighted by Crippen LogP contribution is -2.44. The number of hydrogen-bond acceptors (Lipinski definition) is 5. The van der Waals surface area contributed by atoms with Crippen LogP contribution >= 0.6 is 23.4 Å². The number of carbonyl (C=O) groups is 3. The van der Waals surface area contributed by atoms with Crippen LogP contribution in [0.25, 0.3) is 0 Å². The van der Waals surface area contributed by atoms with Crippen molar-refractivity contribution in [2.24, 2.45) is 5.73 Å². The van der Waals surface area contributed by atoms with Gasteiger partial charge in [-0.05, 0) is 49.6 Å². The second-order valence-electron chi connectivity index (χ2n) is 4.80. The van der Waals surface area contributed by atoms with Gasteiger partial charge in [-0.15, -0.1) is 0 Å². The van der Waals surface area contributed by atoms with Gasteiger partial charge >= 0.3 is 5.97 Å². The number of nitrogens with two attached hydrogens (primary N) is 1. The number of rotatable bonds is 8. The lowest BCUT2D eigenvalue weighted by Gasteiger charge is -2.19. The Kier molecular flexibility index (Phi) is 7.91. The second-order valence-corrected chi connectivity index (χ2v) is 6.22. The summed E-state index contributed by atoms with van der Waals surface area (Å²) in [6.07, 6.45) is 1.21. The molecule has 2 atom stereocenters. The van der Waals surface area contributed by atoms with Crippen LogP contribution in [-0.2, 0) is 14.3 Å². The van der Waals surface area contributed by atoms with Crippen LogP contribution in [0.15, 0.2) is 24.3 Å². The first kappa shape index (κ1) is 19.3. The number of carbonyl (C=O) groups excluding carboxylic acids is 3. The molecule has 3 N–H and O–H groups in total. The van der Waals surface area contributed by atoms with E-state index in [0.29, 0.717) is 22.8 Å². The number of ether oxygens (including phenoxy) is 1. The third kappa shape index (κ3) is 6.50. The smallest absolute Gasteiger partial charge is 0.329 e. The lowest BCUT2D eigenvalue weighted by molar-refractivity contribution is -0.155. The first-order valence-corrected chi connectivity index (χ1v) is 8.67. The molecule has 0 unspecified atom stereocenters. The topological polar surface area (TPSA) is 98.5 Å². The van der Waals surface area contributed by atoms with E-state index < -0.39 is 29.9 Å². The van der Waals surface area contributed by atoms with Crippen LogP contribution in [-0.4, -0.2) is 41.9 Å². The molecule has 23 heavy (non-hydrogen) atoms. The van der Waals surface area contributed by atoms with Crippen LogP contribution in [0.2, 0.25) is 5.02 Å². The van der Waals surface area contributed by atoms with Crippen molar-refractivity contribution in [3.8, 4) is 0 Å². The average Bonchev–Trinajstić information content (AvgIpc) is 2.51. The minimum Gasteiger partial charge on any atom is -0.451 e. The Morgan fingerprint density at radius 2 is 1.91 bits per heavy atom. The van der Waals surface area contributed by atoms with Gasteiger partial charge in [0.05, 0.1) is 0 Å². The number of hydrogen-bond donors (Lipinski definition) is 2. The maximum atomic E-state index is 12.2. The molecule has 0 radical (unpaired) electrons.